The van der Waals surface area contributed by atoms with Gasteiger partial charge in [-0.1, -0.05) is 13.0 Å². The Balaban J connectivity index is 0.00000300. The molecule has 2 fully saturated rings. The van der Waals surface area contributed by atoms with Crippen LogP contribution in [0.5, 0.6) is 5.88 Å². The van der Waals surface area contributed by atoms with Crippen LogP contribution in [0.15, 0.2) is 23.3 Å². The molecule has 2 saturated heterocycles. The number of likely N-dealkylation sites (tertiary alicyclic amines) is 1. The summed E-state index contributed by atoms with van der Waals surface area (Å²) in [5.41, 5.74) is 1.10. The molecule has 0 bridgehead atoms. The van der Waals surface area contributed by atoms with Gasteiger partial charge in [-0.2, -0.15) is 0 Å². The van der Waals surface area contributed by atoms with E-state index in [1.54, 1.807) is 0 Å². The van der Waals surface area contributed by atoms with E-state index in [4.69, 9.17) is 14.5 Å². The van der Waals surface area contributed by atoms with Gasteiger partial charge in [-0.25, -0.2) is 9.98 Å². The molecule has 0 saturated carbocycles. The summed E-state index contributed by atoms with van der Waals surface area (Å²) in [5.74, 6) is 2.41. The van der Waals surface area contributed by atoms with Crippen molar-refractivity contribution in [1.82, 2.24) is 20.1 Å². The molecule has 2 aliphatic rings. The van der Waals surface area contributed by atoms with Gasteiger partial charge in [0, 0.05) is 51.5 Å². The van der Waals surface area contributed by atoms with Gasteiger partial charge in [0.25, 0.3) is 0 Å². The first kappa shape index (κ1) is 24.1. The zero-order chi connectivity index (χ0) is 19.6. The third kappa shape index (κ3) is 7.90. The summed E-state index contributed by atoms with van der Waals surface area (Å²) in [4.78, 5) is 14.2. The summed E-state index contributed by atoms with van der Waals surface area (Å²) in [6, 6.07) is 3.98. The predicted molar refractivity (Wildman–Crippen MR) is 127 cm³/mol. The highest BCUT2D eigenvalue weighted by Gasteiger charge is 2.27. The van der Waals surface area contributed by atoms with Crippen molar-refractivity contribution in [3.63, 3.8) is 0 Å². The van der Waals surface area contributed by atoms with E-state index in [2.05, 4.69) is 40.0 Å². The van der Waals surface area contributed by atoms with Gasteiger partial charge in [-0.3, -0.25) is 4.90 Å². The second kappa shape index (κ2) is 13.2. The highest BCUT2D eigenvalue weighted by molar-refractivity contribution is 14.0. The van der Waals surface area contributed by atoms with Crippen molar-refractivity contribution in [2.75, 3.05) is 59.1 Å². The summed E-state index contributed by atoms with van der Waals surface area (Å²) in [6.07, 6.45) is 4.08. The van der Waals surface area contributed by atoms with Gasteiger partial charge >= 0.3 is 0 Å². The molecule has 1 aromatic heterocycles. The summed E-state index contributed by atoms with van der Waals surface area (Å²) in [5, 5.41) is 3.46. The normalized spacial score (nSPS) is 20.4. The van der Waals surface area contributed by atoms with Gasteiger partial charge in [-0.15, -0.1) is 24.0 Å². The van der Waals surface area contributed by atoms with Crippen LogP contribution in [0.3, 0.4) is 0 Å². The fraction of sp³-hybridized carbons (Fsp3) is 0.714. The van der Waals surface area contributed by atoms with Gasteiger partial charge < -0.3 is 19.7 Å². The maximum atomic E-state index is 5.55. The maximum Gasteiger partial charge on any atom is 0.213 e. The van der Waals surface area contributed by atoms with Crippen molar-refractivity contribution in [3.05, 3.63) is 23.9 Å². The maximum absolute atomic E-state index is 5.55. The number of aliphatic imine (C=N–C) groups is 1. The Labute approximate surface area is 192 Å². The van der Waals surface area contributed by atoms with E-state index in [1.165, 1.54) is 13.0 Å². The van der Waals surface area contributed by atoms with Gasteiger partial charge in [0.2, 0.25) is 5.88 Å². The summed E-state index contributed by atoms with van der Waals surface area (Å²) in [6.45, 7) is 13.6. The topological polar surface area (TPSA) is 62.2 Å². The summed E-state index contributed by atoms with van der Waals surface area (Å²) >= 11 is 0. The molecule has 3 heterocycles. The van der Waals surface area contributed by atoms with Gasteiger partial charge in [-0.05, 0) is 31.2 Å². The number of morpholine rings is 1. The summed E-state index contributed by atoms with van der Waals surface area (Å²) in [7, 11) is 0. The molecule has 8 heteroatoms. The van der Waals surface area contributed by atoms with Crippen LogP contribution in [0.25, 0.3) is 0 Å². The van der Waals surface area contributed by atoms with Gasteiger partial charge in [0.15, 0.2) is 5.96 Å². The zero-order valence-corrected chi connectivity index (χ0v) is 20.1. The molecule has 1 N–H and O–H groups in total. The van der Waals surface area contributed by atoms with Crippen LogP contribution in [0.2, 0.25) is 0 Å². The Morgan fingerprint density at radius 3 is 2.79 bits per heavy atom. The van der Waals surface area contributed by atoms with Crippen LogP contribution >= 0.6 is 24.0 Å². The average molecular weight is 517 g/mol. The first-order chi connectivity index (χ1) is 13.8. The number of rotatable bonds is 8. The Morgan fingerprint density at radius 2 is 2.10 bits per heavy atom. The number of halogens is 1. The monoisotopic (exact) mass is 517 g/mol. The molecule has 0 aliphatic carbocycles. The fourth-order valence-corrected chi connectivity index (χ4v) is 3.71. The molecular weight excluding hydrogens is 481 g/mol. The molecule has 1 aromatic rings. The minimum Gasteiger partial charge on any atom is -0.478 e. The van der Waals surface area contributed by atoms with E-state index in [0.717, 1.165) is 63.9 Å². The van der Waals surface area contributed by atoms with Crippen LogP contribution in [-0.2, 0) is 11.3 Å². The molecule has 164 valence electrons. The molecule has 29 heavy (non-hydrogen) atoms. The fourth-order valence-electron chi connectivity index (χ4n) is 3.71. The second-order valence-electron chi connectivity index (χ2n) is 7.54. The average Bonchev–Trinajstić information content (AvgIpc) is 3.19. The highest BCUT2D eigenvalue weighted by atomic mass is 127. The van der Waals surface area contributed by atoms with Crippen LogP contribution in [-0.4, -0.2) is 79.8 Å². The minimum absolute atomic E-state index is 0. The number of hydrogen-bond donors (Lipinski definition) is 1. The first-order valence-corrected chi connectivity index (χ1v) is 10.7. The third-order valence-electron chi connectivity index (χ3n) is 5.20. The molecule has 1 unspecified atom stereocenters. The Kier molecular flexibility index (Phi) is 11.0. The van der Waals surface area contributed by atoms with E-state index >= 15 is 0 Å². The molecule has 1 atom stereocenters. The molecule has 7 nitrogen and oxygen atoms in total. The lowest BCUT2D eigenvalue weighted by molar-refractivity contribution is 0.0315. The van der Waals surface area contributed by atoms with Crippen molar-refractivity contribution in [1.29, 1.82) is 0 Å². The molecule has 0 spiro atoms. The number of nitrogens with one attached hydrogen (secondary N) is 1. The Bertz CT molecular complexity index is 608. The number of guanidine groups is 1. The zero-order valence-electron chi connectivity index (χ0n) is 17.8. The standard InChI is InChI=1S/C21H35N5O2.HI/c1-3-11-28-20-6-5-18(14-23-20)15-24-21(22-4-2)26-8-7-19(17-26)16-25-9-12-27-13-10-25;/h5-6,14,19H,3-4,7-13,15-17H2,1-2H3,(H,22,24);1H. The Hall–Kier alpha value is -1.13. The first-order valence-electron chi connectivity index (χ1n) is 10.7. The van der Waals surface area contributed by atoms with Crippen molar-refractivity contribution >= 4 is 29.9 Å². The smallest absolute Gasteiger partial charge is 0.213 e. The van der Waals surface area contributed by atoms with E-state index in [1.807, 2.05) is 12.3 Å². The SMILES string of the molecule is CCCOc1ccc(CN=C(NCC)N2CCC(CN3CCOCC3)C2)cn1.I. The number of hydrogen-bond acceptors (Lipinski definition) is 5. The molecule has 0 radical (unpaired) electrons. The van der Waals surface area contributed by atoms with Crippen LogP contribution in [0, 0.1) is 5.92 Å². The van der Waals surface area contributed by atoms with Crippen LogP contribution < -0.4 is 10.1 Å². The second-order valence-corrected chi connectivity index (χ2v) is 7.54. The molecule has 0 amide bonds. The van der Waals surface area contributed by atoms with Crippen molar-refractivity contribution in [3.8, 4) is 5.88 Å². The van der Waals surface area contributed by atoms with E-state index in [9.17, 15) is 0 Å². The predicted octanol–water partition coefficient (Wildman–Crippen LogP) is 2.61. The molecule has 0 aromatic carbocycles. The number of pyridine rings is 1. The number of aromatic nitrogens is 1. The number of ether oxygens (including phenoxy) is 2. The highest BCUT2D eigenvalue weighted by Crippen LogP contribution is 2.18. The lowest BCUT2D eigenvalue weighted by Gasteiger charge is -2.29. The van der Waals surface area contributed by atoms with E-state index in [-0.39, 0.29) is 24.0 Å². The van der Waals surface area contributed by atoms with Gasteiger partial charge in [0.1, 0.15) is 0 Å². The minimum atomic E-state index is 0. The summed E-state index contributed by atoms with van der Waals surface area (Å²) < 4.78 is 11.0. The largest absolute Gasteiger partial charge is 0.478 e. The Morgan fingerprint density at radius 1 is 1.28 bits per heavy atom. The van der Waals surface area contributed by atoms with Crippen LogP contribution in [0.1, 0.15) is 32.3 Å². The molecule has 2 aliphatic heterocycles. The van der Waals surface area contributed by atoms with Crippen molar-refractivity contribution in [2.24, 2.45) is 10.9 Å². The lowest BCUT2D eigenvalue weighted by atomic mass is 10.1. The van der Waals surface area contributed by atoms with E-state index in [0.29, 0.717) is 24.9 Å². The lowest BCUT2D eigenvalue weighted by Crippen LogP contribution is -2.42. The molecule has 3 rings (SSSR count). The quantitative estimate of drug-likeness (QED) is 0.325. The van der Waals surface area contributed by atoms with Crippen molar-refractivity contribution < 1.29 is 9.47 Å². The van der Waals surface area contributed by atoms with Crippen LogP contribution in [0.4, 0.5) is 0 Å². The van der Waals surface area contributed by atoms with E-state index < -0.39 is 0 Å². The molecular formula is C21H36IN5O2. The van der Waals surface area contributed by atoms with Crippen molar-refractivity contribution in [2.45, 2.75) is 33.2 Å². The van der Waals surface area contributed by atoms with Gasteiger partial charge in [0.05, 0.1) is 26.4 Å². The third-order valence-corrected chi connectivity index (χ3v) is 5.20. The number of nitrogens with zero attached hydrogens (tertiary/aromatic N) is 4.